The molecule has 0 unspecified atom stereocenters. The number of esters is 1. The zero-order chi connectivity index (χ0) is 13.7. The lowest BCUT2D eigenvalue weighted by Gasteiger charge is -2.19. The van der Waals surface area contributed by atoms with Crippen molar-refractivity contribution in [3.8, 4) is 0 Å². The number of nitro groups is 1. The Bertz CT molecular complexity index is 464. The molecule has 0 fully saturated rings. The molecular weight excluding hydrogens is 351 g/mol. The number of carbonyl (C=O) groups is 1. The van der Waals surface area contributed by atoms with Crippen LogP contribution in [0.1, 0.15) is 6.42 Å². The van der Waals surface area contributed by atoms with E-state index in [0.29, 0.717) is 6.54 Å². The number of anilines is 1. The summed E-state index contributed by atoms with van der Waals surface area (Å²) in [5, 5.41) is 10.6. The number of non-ortho nitro benzene ring substituents is 1. The van der Waals surface area contributed by atoms with E-state index in [-0.39, 0.29) is 18.1 Å². The molecule has 0 aromatic heterocycles. The second-order valence-electron chi connectivity index (χ2n) is 3.64. The Hall–Kier alpha value is -1.38. The second kappa shape index (κ2) is 6.53. The quantitative estimate of drug-likeness (QED) is 0.347. The van der Waals surface area contributed by atoms with Crippen molar-refractivity contribution in [3.63, 3.8) is 0 Å². The van der Waals surface area contributed by atoms with E-state index in [1.807, 2.05) is 34.5 Å². The predicted octanol–water partition coefficient (Wildman–Crippen LogP) is 2.20. The van der Waals surface area contributed by atoms with E-state index in [1.165, 1.54) is 19.2 Å². The highest BCUT2D eigenvalue weighted by atomic mass is 127. The van der Waals surface area contributed by atoms with Gasteiger partial charge in [0.2, 0.25) is 0 Å². The van der Waals surface area contributed by atoms with Crippen molar-refractivity contribution in [3.05, 3.63) is 31.9 Å². The molecule has 1 aromatic rings. The molecule has 0 radical (unpaired) electrons. The fourth-order valence-corrected chi connectivity index (χ4v) is 2.31. The van der Waals surface area contributed by atoms with Crippen molar-refractivity contribution < 1.29 is 14.5 Å². The minimum atomic E-state index is -0.430. The minimum absolute atomic E-state index is 0.0597. The molecule has 7 heteroatoms. The van der Waals surface area contributed by atoms with Gasteiger partial charge in [0.05, 0.1) is 24.1 Å². The normalized spacial score (nSPS) is 9.94. The van der Waals surface area contributed by atoms with Gasteiger partial charge in [0, 0.05) is 29.3 Å². The van der Waals surface area contributed by atoms with Gasteiger partial charge in [-0.05, 0) is 28.7 Å². The van der Waals surface area contributed by atoms with E-state index in [9.17, 15) is 14.9 Å². The van der Waals surface area contributed by atoms with E-state index in [1.54, 1.807) is 6.07 Å². The average molecular weight is 364 g/mol. The predicted molar refractivity (Wildman–Crippen MR) is 75.7 cm³/mol. The molecule has 18 heavy (non-hydrogen) atoms. The molecule has 0 amide bonds. The van der Waals surface area contributed by atoms with Crippen molar-refractivity contribution in [1.82, 2.24) is 0 Å². The van der Waals surface area contributed by atoms with Crippen LogP contribution >= 0.6 is 22.6 Å². The van der Waals surface area contributed by atoms with Crippen LogP contribution in [0.4, 0.5) is 11.4 Å². The molecule has 1 rings (SSSR count). The number of benzene rings is 1. The summed E-state index contributed by atoms with van der Waals surface area (Å²) in [5.41, 5.74) is 0.912. The standard InChI is InChI=1S/C11H13IN2O4/c1-13(6-5-11(15)18-2)10-4-3-8(14(16)17)7-9(10)12/h3-4,7H,5-6H2,1-2H3. The molecule has 0 aliphatic carbocycles. The molecule has 6 nitrogen and oxygen atoms in total. The van der Waals surface area contributed by atoms with E-state index >= 15 is 0 Å². The minimum Gasteiger partial charge on any atom is -0.469 e. The Morgan fingerprint density at radius 1 is 1.56 bits per heavy atom. The first-order valence-corrected chi connectivity index (χ1v) is 6.25. The zero-order valence-corrected chi connectivity index (χ0v) is 12.2. The summed E-state index contributed by atoms with van der Waals surface area (Å²) in [6.45, 7) is 0.500. The summed E-state index contributed by atoms with van der Waals surface area (Å²) >= 11 is 2.04. The monoisotopic (exact) mass is 364 g/mol. The molecule has 0 saturated heterocycles. The van der Waals surface area contributed by atoms with Crippen LogP contribution in [-0.4, -0.2) is 31.6 Å². The summed E-state index contributed by atoms with van der Waals surface area (Å²) in [4.78, 5) is 23.1. The molecule has 98 valence electrons. The molecule has 0 aliphatic rings. The van der Waals surface area contributed by atoms with Crippen LogP contribution in [0.5, 0.6) is 0 Å². The van der Waals surface area contributed by atoms with Gasteiger partial charge >= 0.3 is 5.97 Å². The van der Waals surface area contributed by atoms with Crippen LogP contribution in [0.15, 0.2) is 18.2 Å². The third kappa shape index (κ3) is 3.83. The van der Waals surface area contributed by atoms with Crippen molar-refractivity contribution in [2.24, 2.45) is 0 Å². The van der Waals surface area contributed by atoms with Crippen LogP contribution in [0.2, 0.25) is 0 Å². The van der Waals surface area contributed by atoms with Gasteiger partial charge < -0.3 is 9.64 Å². The van der Waals surface area contributed by atoms with Crippen LogP contribution in [-0.2, 0) is 9.53 Å². The highest BCUT2D eigenvalue weighted by Gasteiger charge is 2.12. The van der Waals surface area contributed by atoms with Gasteiger partial charge in [-0.1, -0.05) is 0 Å². The molecule has 1 aromatic carbocycles. The summed E-state index contributed by atoms with van der Waals surface area (Å²) in [7, 11) is 3.17. The number of hydrogen-bond donors (Lipinski definition) is 0. The Kier molecular flexibility index (Phi) is 5.32. The van der Waals surface area contributed by atoms with Crippen molar-refractivity contribution in [2.45, 2.75) is 6.42 Å². The van der Waals surface area contributed by atoms with Gasteiger partial charge in [0.15, 0.2) is 0 Å². The van der Waals surface area contributed by atoms with Gasteiger partial charge in [-0.2, -0.15) is 0 Å². The second-order valence-corrected chi connectivity index (χ2v) is 4.80. The molecule has 0 spiro atoms. The number of halogens is 1. The van der Waals surface area contributed by atoms with Crippen LogP contribution in [0.25, 0.3) is 0 Å². The van der Waals surface area contributed by atoms with Crippen molar-refractivity contribution in [2.75, 3.05) is 25.6 Å². The van der Waals surface area contributed by atoms with Gasteiger partial charge in [-0.15, -0.1) is 0 Å². The number of ether oxygens (including phenoxy) is 1. The fraction of sp³-hybridized carbons (Fsp3) is 0.364. The average Bonchev–Trinajstić information content (AvgIpc) is 2.35. The van der Waals surface area contributed by atoms with Gasteiger partial charge in [-0.3, -0.25) is 14.9 Å². The summed E-state index contributed by atoms with van der Waals surface area (Å²) < 4.78 is 5.33. The molecule has 0 saturated carbocycles. The number of hydrogen-bond acceptors (Lipinski definition) is 5. The van der Waals surface area contributed by atoms with E-state index in [2.05, 4.69) is 4.74 Å². The third-order valence-electron chi connectivity index (χ3n) is 2.43. The van der Waals surface area contributed by atoms with Crippen LogP contribution in [0.3, 0.4) is 0 Å². The van der Waals surface area contributed by atoms with E-state index in [4.69, 9.17) is 0 Å². The lowest BCUT2D eigenvalue weighted by atomic mass is 10.2. The van der Waals surface area contributed by atoms with Crippen molar-refractivity contribution >= 4 is 39.9 Å². The first kappa shape index (κ1) is 14.7. The first-order chi connectivity index (χ1) is 8.45. The van der Waals surface area contributed by atoms with E-state index < -0.39 is 4.92 Å². The highest BCUT2D eigenvalue weighted by Crippen LogP contribution is 2.26. The molecule has 0 atom stereocenters. The lowest BCUT2D eigenvalue weighted by molar-refractivity contribution is -0.384. The van der Waals surface area contributed by atoms with Gasteiger partial charge in [-0.25, -0.2) is 0 Å². The van der Waals surface area contributed by atoms with Gasteiger partial charge in [0.25, 0.3) is 5.69 Å². The van der Waals surface area contributed by atoms with Crippen LogP contribution < -0.4 is 4.90 Å². The Morgan fingerprint density at radius 2 is 2.22 bits per heavy atom. The van der Waals surface area contributed by atoms with Gasteiger partial charge in [0.1, 0.15) is 0 Å². The SMILES string of the molecule is COC(=O)CCN(C)c1ccc([N+](=O)[O-])cc1I. The molecule has 0 heterocycles. The number of nitro benzene ring substituents is 1. The van der Waals surface area contributed by atoms with Crippen LogP contribution in [0, 0.1) is 13.7 Å². The molecule has 0 N–H and O–H groups in total. The number of rotatable bonds is 5. The maximum Gasteiger partial charge on any atom is 0.307 e. The maximum absolute atomic E-state index is 11.0. The zero-order valence-electron chi connectivity index (χ0n) is 10.1. The number of methoxy groups -OCH3 is 1. The number of carbonyl (C=O) groups excluding carboxylic acids is 1. The Balaban J connectivity index is 2.77. The Morgan fingerprint density at radius 3 is 2.72 bits per heavy atom. The molecule has 0 aliphatic heterocycles. The third-order valence-corrected chi connectivity index (χ3v) is 3.30. The largest absolute Gasteiger partial charge is 0.469 e. The fourth-order valence-electron chi connectivity index (χ4n) is 1.40. The topological polar surface area (TPSA) is 72.7 Å². The summed E-state index contributed by atoms with van der Waals surface area (Å²) in [6, 6.07) is 4.63. The number of nitrogens with zero attached hydrogens (tertiary/aromatic N) is 2. The Labute approximate surface area is 118 Å². The lowest BCUT2D eigenvalue weighted by Crippen LogP contribution is -2.22. The smallest absolute Gasteiger partial charge is 0.307 e. The first-order valence-electron chi connectivity index (χ1n) is 5.17. The molecule has 0 bridgehead atoms. The van der Waals surface area contributed by atoms with Crippen molar-refractivity contribution in [1.29, 1.82) is 0 Å². The molecular formula is C11H13IN2O4. The summed E-state index contributed by atoms with van der Waals surface area (Å²) in [6.07, 6.45) is 0.278. The summed E-state index contributed by atoms with van der Waals surface area (Å²) in [5.74, 6) is -0.279. The van der Waals surface area contributed by atoms with E-state index in [0.717, 1.165) is 9.26 Å². The highest BCUT2D eigenvalue weighted by molar-refractivity contribution is 14.1. The maximum atomic E-state index is 11.0.